The SMILES string of the molecule is CCCC#Cc1cn(C2CC(O)C(CO)O2)c(=O)[nH]c1=O. The van der Waals surface area contributed by atoms with Crippen LogP contribution in [0.5, 0.6) is 0 Å². The molecule has 0 aliphatic carbocycles. The molecule has 0 radical (unpaired) electrons. The lowest BCUT2D eigenvalue weighted by Gasteiger charge is -2.14. The smallest absolute Gasteiger partial charge is 0.330 e. The van der Waals surface area contributed by atoms with E-state index in [1.807, 2.05) is 6.92 Å². The first-order valence-electron chi connectivity index (χ1n) is 6.85. The van der Waals surface area contributed by atoms with Gasteiger partial charge >= 0.3 is 5.69 Å². The fourth-order valence-corrected chi connectivity index (χ4v) is 2.12. The van der Waals surface area contributed by atoms with Crippen LogP contribution in [-0.4, -0.2) is 38.6 Å². The van der Waals surface area contributed by atoms with Gasteiger partial charge in [-0.3, -0.25) is 14.3 Å². The molecule has 1 fully saturated rings. The van der Waals surface area contributed by atoms with E-state index in [-0.39, 0.29) is 18.6 Å². The zero-order valence-corrected chi connectivity index (χ0v) is 11.7. The second-order valence-corrected chi connectivity index (χ2v) is 4.88. The summed E-state index contributed by atoms with van der Waals surface area (Å²) < 4.78 is 6.59. The summed E-state index contributed by atoms with van der Waals surface area (Å²) in [6, 6.07) is 0. The Morgan fingerprint density at radius 1 is 1.52 bits per heavy atom. The summed E-state index contributed by atoms with van der Waals surface area (Å²) in [6.45, 7) is 1.64. The van der Waals surface area contributed by atoms with Gasteiger partial charge in [0, 0.05) is 19.0 Å². The number of ether oxygens (including phenoxy) is 1. The highest BCUT2D eigenvalue weighted by atomic mass is 16.5. The summed E-state index contributed by atoms with van der Waals surface area (Å²) >= 11 is 0. The Hall–Kier alpha value is -1.88. The molecule has 1 aromatic rings. The highest BCUT2D eigenvalue weighted by Gasteiger charge is 2.35. The largest absolute Gasteiger partial charge is 0.394 e. The molecule has 0 bridgehead atoms. The Labute approximate surface area is 121 Å². The molecule has 0 saturated carbocycles. The van der Waals surface area contributed by atoms with Crippen molar-refractivity contribution in [2.75, 3.05) is 6.61 Å². The lowest BCUT2D eigenvalue weighted by molar-refractivity contribution is -0.0459. The minimum atomic E-state index is -0.853. The van der Waals surface area contributed by atoms with Gasteiger partial charge in [-0.15, -0.1) is 0 Å². The van der Waals surface area contributed by atoms with E-state index in [9.17, 15) is 14.7 Å². The number of aliphatic hydroxyl groups is 2. The molecule has 1 saturated heterocycles. The van der Waals surface area contributed by atoms with Crippen molar-refractivity contribution in [1.29, 1.82) is 0 Å². The van der Waals surface area contributed by atoms with Crippen LogP contribution in [0.3, 0.4) is 0 Å². The molecule has 3 atom stereocenters. The fourth-order valence-electron chi connectivity index (χ4n) is 2.12. The van der Waals surface area contributed by atoms with Crippen molar-refractivity contribution in [3.8, 4) is 11.8 Å². The van der Waals surface area contributed by atoms with Crippen LogP contribution in [0.1, 0.15) is 38.0 Å². The van der Waals surface area contributed by atoms with Crippen LogP contribution in [0.25, 0.3) is 0 Å². The van der Waals surface area contributed by atoms with Crippen LogP contribution in [0.15, 0.2) is 15.8 Å². The van der Waals surface area contributed by atoms with Crippen molar-refractivity contribution in [3.63, 3.8) is 0 Å². The molecule has 114 valence electrons. The predicted octanol–water partition coefficient (Wildman–Crippen LogP) is -0.671. The van der Waals surface area contributed by atoms with Crippen LogP contribution in [0.2, 0.25) is 0 Å². The van der Waals surface area contributed by atoms with Crippen LogP contribution < -0.4 is 11.2 Å². The molecule has 0 aromatic carbocycles. The van der Waals surface area contributed by atoms with Gasteiger partial charge in [0.1, 0.15) is 17.9 Å². The number of hydrogen-bond donors (Lipinski definition) is 3. The standard InChI is InChI=1S/C14H18N2O5/c1-2-3-4-5-9-7-16(14(20)15-13(9)19)12-6-10(18)11(8-17)21-12/h7,10-12,17-18H,2-3,6,8H2,1H3,(H,15,19,20). The molecule has 3 N–H and O–H groups in total. The molecule has 1 aliphatic rings. The maximum absolute atomic E-state index is 11.8. The van der Waals surface area contributed by atoms with E-state index in [0.717, 1.165) is 6.42 Å². The molecule has 2 heterocycles. The van der Waals surface area contributed by atoms with Crippen LogP contribution >= 0.6 is 0 Å². The Balaban J connectivity index is 2.33. The van der Waals surface area contributed by atoms with Gasteiger partial charge in [0.05, 0.1) is 12.7 Å². The van der Waals surface area contributed by atoms with Crippen LogP contribution in [0.4, 0.5) is 0 Å². The number of aromatic nitrogens is 2. The van der Waals surface area contributed by atoms with Gasteiger partial charge in [-0.1, -0.05) is 18.8 Å². The summed E-state index contributed by atoms with van der Waals surface area (Å²) in [5, 5.41) is 18.8. The van der Waals surface area contributed by atoms with Gasteiger partial charge in [-0.2, -0.15) is 0 Å². The van der Waals surface area contributed by atoms with Crippen molar-refractivity contribution in [1.82, 2.24) is 9.55 Å². The monoisotopic (exact) mass is 294 g/mol. The summed E-state index contributed by atoms with van der Waals surface area (Å²) in [5.41, 5.74) is -0.998. The predicted molar refractivity (Wildman–Crippen MR) is 74.7 cm³/mol. The van der Waals surface area contributed by atoms with Gasteiger partial charge in [0.25, 0.3) is 5.56 Å². The second-order valence-electron chi connectivity index (χ2n) is 4.88. The highest BCUT2D eigenvalue weighted by Crippen LogP contribution is 2.27. The lowest BCUT2D eigenvalue weighted by Crippen LogP contribution is -2.33. The average Bonchev–Trinajstić information content (AvgIpc) is 2.82. The van der Waals surface area contributed by atoms with Crippen LogP contribution in [-0.2, 0) is 4.74 Å². The lowest BCUT2D eigenvalue weighted by atomic mass is 10.2. The Bertz CT molecular complexity index is 666. The highest BCUT2D eigenvalue weighted by molar-refractivity contribution is 5.29. The third kappa shape index (κ3) is 3.42. The number of unbranched alkanes of at least 4 members (excludes halogenated alkanes) is 1. The van der Waals surface area contributed by atoms with Crippen LogP contribution in [0, 0.1) is 11.8 Å². The average molecular weight is 294 g/mol. The summed E-state index contributed by atoms with van der Waals surface area (Å²) in [6.07, 6.45) is 0.717. The quantitative estimate of drug-likeness (QED) is 0.641. The van der Waals surface area contributed by atoms with Gasteiger partial charge in [-0.25, -0.2) is 4.79 Å². The molecule has 21 heavy (non-hydrogen) atoms. The Morgan fingerprint density at radius 3 is 2.90 bits per heavy atom. The zero-order chi connectivity index (χ0) is 15.4. The number of aliphatic hydroxyl groups excluding tert-OH is 2. The molecular weight excluding hydrogens is 276 g/mol. The van der Waals surface area contributed by atoms with E-state index in [1.165, 1.54) is 10.8 Å². The van der Waals surface area contributed by atoms with Crippen molar-refractivity contribution in [2.24, 2.45) is 0 Å². The minimum absolute atomic E-state index is 0.166. The number of aromatic amines is 1. The fraction of sp³-hybridized carbons (Fsp3) is 0.571. The molecule has 2 rings (SSSR count). The Morgan fingerprint density at radius 2 is 2.29 bits per heavy atom. The number of rotatable bonds is 3. The van der Waals surface area contributed by atoms with Crippen molar-refractivity contribution >= 4 is 0 Å². The van der Waals surface area contributed by atoms with E-state index in [0.29, 0.717) is 6.42 Å². The first-order chi connectivity index (χ1) is 10.1. The van der Waals surface area contributed by atoms with Gasteiger partial charge in [-0.05, 0) is 6.42 Å². The molecule has 7 nitrogen and oxygen atoms in total. The second kappa shape index (κ2) is 6.72. The van der Waals surface area contributed by atoms with Crippen molar-refractivity contribution < 1.29 is 14.9 Å². The third-order valence-corrected chi connectivity index (χ3v) is 3.26. The number of hydrogen-bond acceptors (Lipinski definition) is 5. The molecule has 0 spiro atoms. The Kier molecular flexibility index (Phi) is 4.96. The summed E-state index contributed by atoms with van der Waals surface area (Å²) in [4.78, 5) is 25.7. The maximum Gasteiger partial charge on any atom is 0.330 e. The van der Waals surface area contributed by atoms with Gasteiger partial charge in [0.2, 0.25) is 0 Å². The first kappa shape index (κ1) is 15.5. The maximum atomic E-state index is 11.8. The van der Waals surface area contributed by atoms with E-state index in [1.54, 1.807) is 0 Å². The van der Waals surface area contributed by atoms with E-state index in [4.69, 9.17) is 9.84 Å². The molecule has 0 amide bonds. The van der Waals surface area contributed by atoms with Crippen molar-refractivity contribution in [3.05, 3.63) is 32.6 Å². The summed E-state index contributed by atoms with van der Waals surface area (Å²) in [7, 11) is 0. The van der Waals surface area contributed by atoms with E-state index < -0.39 is 29.7 Å². The zero-order valence-electron chi connectivity index (χ0n) is 11.7. The molecule has 7 heteroatoms. The molecule has 1 aliphatic heterocycles. The summed E-state index contributed by atoms with van der Waals surface area (Å²) in [5.74, 6) is 5.56. The van der Waals surface area contributed by atoms with E-state index >= 15 is 0 Å². The molecule has 3 unspecified atom stereocenters. The minimum Gasteiger partial charge on any atom is -0.394 e. The first-order valence-corrected chi connectivity index (χ1v) is 6.85. The van der Waals surface area contributed by atoms with Crippen molar-refractivity contribution in [2.45, 2.75) is 44.6 Å². The van der Waals surface area contributed by atoms with E-state index in [2.05, 4.69) is 16.8 Å². The normalized spacial score (nSPS) is 24.6. The number of H-pyrrole nitrogens is 1. The third-order valence-electron chi connectivity index (χ3n) is 3.26. The number of nitrogens with zero attached hydrogens (tertiary/aromatic N) is 1. The van der Waals surface area contributed by atoms with Gasteiger partial charge < -0.3 is 14.9 Å². The molecular formula is C14H18N2O5. The molecule has 1 aromatic heterocycles. The topological polar surface area (TPSA) is 105 Å². The van der Waals surface area contributed by atoms with Gasteiger partial charge in [0.15, 0.2) is 0 Å². The number of nitrogens with one attached hydrogen (secondary N) is 1.